The Bertz CT molecular complexity index is 1270. The smallest absolute Gasteiger partial charge is 0.339 e. The van der Waals surface area contributed by atoms with Crippen LogP contribution < -0.4 is 4.90 Å². The molecule has 1 N–H and O–H groups in total. The van der Waals surface area contributed by atoms with E-state index in [4.69, 9.17) is 16.3 Å². The number of halogens is 2. The van der Waals surface area contributed by atoms with E-state index in [1.165, 1.54) is 38.7 Å². The number of methoxy groups -OCH3 is 2. The molecule has 0 bridgehead atoms. The molecule has 9 nitrogen and oxygen atoms in total. The lowest BCUT2D eigenvalue weighted by Crippen LogP contribution is -2.34. The fraction of sp³-hybridized carbons (Fsp3) is 0.320. The van der Waals surface area contributed by atoms with E-state index in [1.54, 1.807) is 0 Å². The number of carboxylic acid groups (broad SMARTS) is 1. The lowest BCUT2D eigenvalue weighted by molar-refractivity contribution is -0.137. The van der Waals surface area contributed by atoms with Crippen molar-refractivity contribution < 1.29 is 38.1 Å². The van der Waals surface area contributed by atoms with Crippen LogP contribution in [0.25, 0.3) is 0 Å². The fourth-order valence-electron chi connectivity index (χ4n) is 3.82. The monoisotopic (exact) mass is 550 g/mol. The molecule has 0 spiro atoms. The third kappa shape index (κ3) is 6.86. The molecule has 0 saturated carbocycles. The van der Waals surface area contributed by atoms with Crippen molar-refractivity contribution in [3.63, 3.8) is 0 Å². The highest BCUT2D eigenvalue weighted by molar-refractivity contribution is 8.00. The van der Waals surface area contributed by atoms with Gasteiger partial charge < -0.3 is 19.5 Å². The van der Waals surface area contributed by atoms with Crippen molar-refractivity contribution in [1.29, 1.82) is 0 Å². The number of amides is 1. The number of ether oxygens (including phenoxy) is 2. The van der Waals surface area contributed by atoms with E-state index in [-0.39, 0.29) is 52.6 Å². The van der Waals surface area contributed by atoms with Crippen LogP contribution in [0.5, 0.6) is 0 Å². The Morgan fingerprint density at radius 3 is 2.43 bits per heavy atom. The van der Waals surface area contributed by atoms with Crippen LogP contribution in [0.2, 0.25) is 5.02 Å². The number of carbonyl (C=O) groups is 4. The third-order valence-electron chi connectivity index (χ3n) is 5.65. The van der Waals surface area contributed by atoms with Crippen molar-refractivity contribution >= 4 is 52.9 Å². The summed E-state index contributed by atoms with van der Waals surface area (Å²) in [6, 6.07) is 3.80. The van der Waals surface area contributed by atoms with Gasteiger partial charge in [-0.2, -0.15) is 0 Å². The van der Waals surface area contributed by atoms with Crippen LogP contribution in [0.15, 0.2) is 46.6 Å². The van der Waals surface area contributed by atoms with Gasteiger partial charge in [-0.25, -0.2) is 14.0 Å². The molecule has 0 fully saturated rings. The molecule has 1 aromatic carbocycles. The minimum atomic E-state index is -1.21. The zero-order valence-corrected chi connectivity index (χ0v) is 21.7. The Labute approximate surface area is 221 Å². The fourth-order valence-corrected chi connectivity index (χ4v) is 4.92. The number of nitrogens with zero attached hydrogens (tertiary/aromatic N) is 2. The first-order valence-electron chi connectivity index (χ1n) is 11.1. The molecule has 1 heterocycles. The second-order valence-corrected chi connectivity index (χ2v) is 9.46. The minimum Gasteiger partial charge on any atom is -0.478 e. The molecule has 1 amide bonds. The van der Waals surface area contributed by atoms with Crippen LogP contribution in [0.1, 0.15) is 41.6 Å². The second-order valence-electron chi connectivity index (χ2n) is 8.03. The third-order valence-corrected chi connectivity index (χ3v) is 7.10. The average molecular weight is 551 g/mol. The summed E-state index contributed by atoms with van der Waals surface area (Å²) in [4.78, 5) is 54.6. The zero-order chi connectivity index (χ0) is 27.1. The minimum absolute atomic E-state index is 0.0163. The van der Waals surface area contributed by atoms with Gasteiger partial charge in [-0.05, 0) is 49.4 Å². The number of esters is 2. The molecule has 0 unspecified atom stereocenters. The molecule has 12 heteroatoms. The Balaban J connectivity index is 2.11. The van der Waals surface area contributed by atoms with E-state index in [0.29, 0.717) is 23.3 Å². The first-order chi connectivity index (χ1) is 17.7. The van der Waals surface area contributed by atoms with E-state index in [1.807, 2.05) is 0 Å². The van der Waals surface area contributed by atoms with Gasteiger partial charge in [0.1, 0.15) is 5.82 Å². The molecule has 37 heavy (non-hydrogen) atoms. The van der Waals surface area contributed by atoms with Gasteiger partial charge in [0.25, 0.3) is 5.91 Å². The maximum atomic E-state index is 15.3. The van der Waals surface area contributed by atoms with Gasteiger partial charge >= 0.3 is 17.9 Å². The summed E-state index contributed by atoms with van der Waals surface area (Å²) in [6.07, 6.45) is 4.35. The maximum absolute atomic E-state index is 15.3. The van der Waals surface area contributed by atoms with Crippen LogP contribution in [-0.4, -0.2) is 53.9 Å². The normalized spacial score (nSPS) is 13.2. The number of aromatic nitrogens is 1. The van der Waals surface area contributed by atoms with Crippen molar-refractivity contribution in [2.75, 3.05) is 24.9 Å². The molecule has 0 radical (unpaired) electrons. The number of anilines is 1. The number of aliphatic carboxylic acids is 1. The van der Waals surface area contributed by atoms with Crippen molar-refractivity contribution in [2.24, 2.45) is 0 Å². The van der Waals surface area contributed by atoms with Crippen LogP contribution in [0, 0.1) is 5.82 Å². The predicted octanol–water partition coefficient (Wildman–Crippen LogP) is 4.41. The summed E-state index contributed by atoms with van der Waals surface area (Å²) < 4.78 is 24.6. The number of carboxylic acids is 1. The van der Waals surface area contributed by atoms with Gasteiger partial charge in [0.05, 0.1) is 42.8 Å². The molecule has 2 aromatic rings. The van der Waals surface area contributed by atoms with Crippen molar-refractivity contribution in [2.45, 2.75) is 37.1 Å². The number of carbonyl (C=O) groups excluding carboxylic acids is 3. The van der Waals surface area contributed by atoms with Crippen molar-refractivity contribution in [3.8, 4) is 0 Å². The highest BCUT2D eigenvalue weighted by atomic mass is 35.5. The molecule has 0 saturated heterocycles. The number of rotatable bonds is 9. The Morgan fingerprint density at radius 1 is 1.08 bits per heavy atom. The Hall–Kier alpha value is -3.44. The molecule has 0 atom stereocenters. The summed E-state index contributed by atoms with van der Waals surface area (Å²) in [7, 11) is 2.44. The van der Waals surface area contributed by atoms with Gasteiger partial charge in [-0.3, -0.25) is 14.6 Å². The quantitative estimate of drug-likeness (QED) is 0.357. The van der Waals surface area contributed by atoms with Crippen LogP contribution >= 0.6 is 23.4 Å². The summed E-state index contributed by atoms with van der Waals surface area (Å²) in [5.74, 6) is -3.99. The van der Waals surface area contributed by atoms with Gasteiger partial charge in [0, 0.05) is 28.4 Å². The molecule has 0 aliphatic heterocycles. The number of hydrogen-bond acceptors (Lipinski definition) is 8. The summed E-state index contributed by atoms with van der Waals surface area (Å²) in [5, 5.41) is 9.70. The van der Waals surface area contributed by atoms with E-state index in [2.05, 4.69) is 9.72 Å². The summed E-state index contributed by atoms with van der Waals surface area (Å²) in [6.45, 7) is -0.229. The standard InChI is InChI=1S/C25H24ClFN2O7S/c1-35-22(30)13-37-21-9-20(19(27)8-18(21)26)29(12-14-7-15(11-28-10-14)25(34)36-2)23(31)16-5-3-4-6-17(16)24(32)33/h7-11H,3-6,12-13H2,1-2H3,(H,32,33). The maximum Gasteiger partial charge on any atom is 0.339 e. The van der Waals surface area contributed by atoms with E-state index in [0.717, 1.165) is 22.7 Å². The molecule has 1 aromatic heterocycles. The van der Waals surface area contributed by atoms with Gasteiger partial charge in [-0.15, -0.1) is 11.8 Å². The highest BCUT2D eigenvalue weighted by Gasteiger charge is 2.30. The first kappa shape index (κ1) is 28.1. The van der Waals surface area contributed by atoms with E-state index < -0.39 is 29.6 Å². The summed E-state index contributed by atoms with van der Waals surface area (Å²) >= 11 is 7.19. The summed E-state index contributed by atoms with van der Waals surface area (Å²) in [5.41, 5.74) is 0.392. The van der Waals surface area contributed by atoms with Crippen LogP contribution in [-0.2, 0) is 30.4 Å². The van der Waals surface area contributed by atoms with Gasteiger partial charge in [0.2, 0.25) is 0 Å². The molecular formula is C25H24ClFN2O7S. The number of hydrogen-bond donors (Lipinski definition) is 1. The lowest BCUT2D eigenvalue weighted by atomic mass is 9.90. The highest BCUT2D eigenvalue weighted by Crippen LogP contribution is 2.36. The largest absolute Gasteiger partial charge is 0.478 e. The lowest BCUT2D eigenvalue weighted by Gasteiger charge is -2.27. The van der Waals surface area contributed by atoms with E-state index in [9.17, 15) is 24.3 Å². The first-order valence-corrected chi connectivity index (χ1v) is 12.5. The molecule has 1 aliphatic carbocycles. The molecule has 3 rings (SSSR count). The van der Waals surface area contributed by atoms with Crippen molar-refractivity contribution in [1.82, 2.24) is 4.98 Å². The Morgan fingerprint density at radius 2 is 1.78 bits per heavy atom. The SMILES string of the molecule is COC(=O)CSc1cc(N(Cc2cncc(C(=O)OC)c2)C(=O)C2=C(C(=O)O)CCCC2)c(F)cc1Cl. The van der Waals surface area contributed by atoms with Crippen molar-refractivity contribution in [3.05, 3.63) is 63.7 Å². The van der Waals surface area contributed by atoms with Gasteiger partial charge in [-0.1, -0.05) is 11.6 Å². The second kappa shape index (κ2) is 12.7. The number of benzene rings is 1. The predicted molar refractivity (Wildman–Crippen MR) is 134 cm³/mol. The number of thioether (sulfide) groups is 1. The molecular weight excluding hydrogens is 527 g/mol. The molecule has 196 valence electrons. The molecule has 1 aliphatic rings. The zero-order valence-electron chi connectivity index (χ0n) is 20.1. The number of pyridine rings is 1. The van der Waals surface area contributed by atoms with Crippen LogP contribution in [0.4, 0.5) is 10.1 Å². The average Bonchev–Trinajstić information content (AvgIpc) is 2.90. The Kier molecular flexibility index (Phi) is 9.65. The van der Waals surface area contributed by atoms with Crippen LogP contribution in [0.3, 0.4) is 0 Å². The topological polar surface area (TPSA) is 123 Å². The van der Waals surface area contributed by atoms with E-state index >= 15 is 4.39 Å². The van der Waals surface area contributed by atoms with Gasteiger partial charge in [0.15, 0.2) is 0 Å².